The highest BCUT2D eigenvalue weighted by molar-refractivity contribution is 4.96. The zero-order chi connectivity index (χ0) is 10.2. The molecule has 1 aliphatic carbocycles. The molecule has 0 N–H and O–H groups in total. The molecule has 1 saturated carbocycles. The third-order valence-electron chi connectivity index (χ3n) is 3.71. The predicted molar refractivity (Wildman–Crippen MR) is 58.4 cm³/mol. The Bertz CT molecular complexity index is 200. The van der Waals surface area contributed by atoms with Crippen LogP contribution in [-0.2, 0) is 4.74 Å². The Kier molecular flexibility index (Phi) is 2.85. The first-order chi connectivity index (χ1) is 6.62. The number of ether oxygens (including phenoxy) is 1. The SMILES string of the molecule is CC(C)N1CCCOC(C)(C2CC2)C1. The molecular weight excluding hydrogens is 174 g/mol. The average Bonchev–Trinajstić information content (AvgIpc) is 2.88. The van der Waals surface area contributed by atoms with Gasteiger partial charge < -0.3 is 4.74 Å². The fourth-order valence-electron chi connectivity index (χ4n) is 2.48. The second-order valence-corrected chi connectivity index (χ2v) is 5.35. The largest absolute Gasteiger partial charge is 0.374 e. The molecule has 0 spiro atoms. The van der Waals surface area contributed by atoms with Crippen LogP contribution in [0.5, 0.6) is 0 Å². The Morgan fingerprint density at radius 2 is 2.07 bits per heavy atom. The molecule has 2 rings (SSSR count). The smallest absolute Gasteiger partial charge is 0.0808 e. The molecule has 0 aromatic carbocycles. The summed E-state index contributed by atoms with van der Waals surface area (Å²) in [5.41, 5.74) is 0.154. The molecule has 0 aromatic rings. The van der Waals surface area contributed by atoms with Gasteiger partial charge in [-0.3, -0.25) is 4.90 Å². The predicted octanol–water partition coefficient (Wildman–Crippen LogP) is 2.29. The lowest BCUT2D eigenvalue weighted by Crippen LogP contribution is -2.45. The Morgan fingerprint density at radius 1 is 1.36 bits per heavy atom. The summed E-state index contributed by atoms with van der Waals surface area (Å²) in [6.07, 6.45) is 3.95. The van der Waals surface area contributed by atoms with Gasteiger partial charge >= 0.3 is 0 Å². The van der Waals surface area contributed by atoms with Gasteiger partial charge in [0.15, 0.2) is 0 Å². The first-order valence-corrected chi connectivity index (χ1v) is 6.00. The fourth-order valence-corrected chi connectivity index (χ4v) is 2.48. The lowest BCUT2D eigenvalue weighted by atomic mass is 9.99. The van der Waals surface area contributed by atoms with Crippen molar-refractivity contribution in [2.24, 2.45) is 5.92 Å². The van der Waals surface area contributed by atoms with Gasteiger partial charge in [0, 0.05) is 25.7 Å². The summed E-state index contributed by atoms with van der Waals surface area (Å²) in [4.78, 5) is 2.57. The fraction of sp³-hybridized carbons (Fsp3) is 1.00. The van der Waals surface area contributed by atoms with Crippen LogP contribution in [0.2, 0.25) is 0 Å². The highest BCUT2D eigenvalue weighted by atomic mass is 16.5. The van der Waals surface area contributed by atoms with Gasteiger partial charge in [-0.05, 0) is 46.0 Å². The van der Waals surface area contributed by atoms with Crippen LogP contribution in [0.25, 0.3) is 0 Å². The van der Waals surface area contributed by atoms with Crippen molar-refractivity contribution >= 4 is 0 Å². The van der Waals surface area contributed by atoms with Crippen molar-refractivity contribution in [3.05, 3.63) is 0 Å². The summed E-state index contributed by atoms with van der Waals surface area (Å²) in [7, 11) is 0. The molecule has 0 radical (unpaired) electrons. The van der Waals surface area contributed by atoms with Crippen molar-refractivity contribution in [1.29, 1.82) is 0 Å². The molecule has 0 amide bonds. The van der Waals surface area contributed by atoms with Gasteiger partial charge in [0.05, 0.1) is 5.60 Å². The summed E-state index contributed by atoms with van der Waals surface area (Å²) in [6.45, 7) is 10.2. The Morgan fingerprint density at radius 3 is 2.64 bits per heavy atom. The number of hydrogen-bond donors (Lipinski definition) is 0. The van der Waals surface area contributed by atoms with E-state index in [4.69, 9.17) is 4.74 Å². The van der Waals surface area contributed by atoms with Crippen molar-refractivity contribution in [3.8, 4) is 0 Å². The van der Waals surface area contributed by atoms with E-state index in [1.165, 1.54) is 25.8 Å². The van der Waals surface area contributed by atoms with Crippen molar-refractivity contribution < 1.29 is 4.74 Å². The number of hydrogen-bond acceptors (Lipinski definition) is 2. The molecule has 82 valence electrons. The average molecular weight is 197 g/mol. The lowest BCUT2D eigenvalue weighted by Gasteiger charge is -2.34. The van der Waals surface area contributed by atoms with E-state index in [9.17, 15) is 0 Å². The van der Waals surface area contributed by atoms with Gasteiger partial charge in [0.1, 0.15) is 0 Å². The van der Waals surface area contributed by atoms with Gasteiger partial charge in [0.25, 0.3) is 0 Å². The molecule has 2 fully saturated rings. The summed E-state index contributed by atoms with van der Waals surface area (Å²) in [6, 6.07) is 0.662. The van der Waals surface area contributed by atoms with E-state index in [0.29, 0.717) is 6.04 Å². The molecular formula is C12H23NO. The molecule has 1 saturated heterocycles. The molecule has 1 aliphatic heterocycles. The molecule has 1 atom stereocenters. The van der Waals surface area contributed by atoms with Crippen molar-refractivity contribution in [2.45, 2.75) is 51.7 Å². The monoisotopic (exact) mass is 197 g/mol. The summed E-state index contributed by atoms with van der Waals surface area (Å²) >= 11 is 0. The normalized spacial score (nSPS) is 36.0. The van der Waals surface area contributed by atoms with E-state index in [2.05, 4.69) is 25.7 Å². The van der Waals surface area contributed by atoms with E-state index in [1.54, 1.807) is 0 Å². The Labute approximate surface area is 87.6 Å². The minimum absolute atomic E-state index is 0.154. The highest BCUT2D eigenvalue weighted by Crippen LogP contribution is 2.43. The zero-order valence-corrected chi connectivity index (χ0v) is 9.75. The van der Waals surface area contributed by atoms with E-state index < -0.39 is 0 Å². The quantitative estimate of drug-likeness (QED) is 0.673. The maximum absolute atomic E-state index is 6.05. The van der Waals surface area contributed by atoms with Gasteiger partial charge in [-0.15, -0.1) is 0 Å². The van der Waals surface area contributed by atoms with E-state index >= 15 is 0 Å². The third-order valence-corrected chi connectivity index (χ3v) is 3.71. The number of rotatable bonds is 2. The molecule has 2 nitrogen and oxygen atoms in total. The summed E-state index contributed by atoms with van der Waals surface area (Å²) in [5.74, 6) is 0.835. The highest BCUT2D eigenvalue weighted by Gasteiger charge is 2.44. The second-order valence-electron chi connectivity index (χ2n) is 5.35. The first kappa shape index (κ1) is 10.4. The van der Waals surface area contributed by atoms with Crippen molar-refractivity contribution in [2.75, 3.05) is 19.7 Å². The van der Waals surface area contributed by atoms with E-state index in [-0.39, 0.29) is 5.60 Å². The van der Waals surface area contributed by atoms with Crippen molar-refractivity contribution in [1.82, 2.24) is 4.90 Å². The molecule has 2 heteroatoms. The van der Waals surface area contributed by atoms with Gasteiger partial charge in [0.2, 0.25) is 0 Å². The van der Waals surface area contributed by atoms with Crippen LogP contribution in [0.4, 0.5) is 0 Å². The molecule has 1 heterocycles. The van der Waals surface area contributed by atoms with Crippen LogP contribution in [0.1, 0.15) is 40.0 Å². The molecule has 2 aliphatic rings. The van der Waals surface area contributed by atoms with Crippen LogP contribution in [0, 0.1) is 5.92 Å². The van der Waals surface area contributed by atoms with E-state index in [0.717, 1.165) is 19.1 Å². The summed E-state index contributed by atoms with van der Waals surface area (Å²) < 4.78 is 6.05. The second kappa shape index (κ2) is 3.82. The van der Waals surface area contributed by atoms with Crippen LogP contribution in [-0.4, -0.2) is 36.2 Å². The lowest BCUT2D eigenvalue weighted by molar-refractivity contribution is -0.0514. The van der Waals surface area contributed by atoms with E-state index in [1.807, 2.05) is 0 Å². The Balaban J connectivity index is 2.02. The van der Waals surface area contributed by atoms with Gasteiger partial charge in [-0.25, -0.2) is 0 Å². The summed E-state index contributed by atoms with van der Waals surface area (Å²) in [5, 5.41) is 0. The minimum Gasteiger partial charge on any atom is -0.374 e. The minimum atomic E-state index is 0.154. The van der Waals surface area contributed by atoms with Crippen LogP contribution in [0.3, 0.4) is 0 Å². The molecule has 1 unspecified atom stereocenters. The van der Waals surface area contributed by atoms with Gasteiger partial charge in [-0.2, -0.15) is 0 Å². The molecule has 0 aromatic heterocycles. The third kappa shape index (κ3) is 2.12. The first-order valence-electron chi connectivity index (χ1n) is 6.00. The zero-order valence-electron chi connectivity index (χ0n) is 9.75. The molecule has 14 heavy (non-hydrogen) atoms. The standard InChI is InChI=1S/C12H23NO/c1-10(2)13-7-4-8-14-12(3,9-13)11-5-6-11/h10-11H,4-9H2,1-3H3. The van der Waals surface area contributed by atoms with Crippen LogP contribution < -0.4 is 0 Å². The van der Waals surface area contributed by atoms with Crippen molar-refractivity contribution in [3.63, 3.8) is 0 Å². The number of nitrogens with zero attached hydrogens (tertiary/aromatic N) is 1. The Hall–Kier alpha value is -0.0800. The van der Waals surface area contributed by atoms with Crippen LogP contribution >= 0.6 is 0 Å². The molecule has 0 bridgehead atoms. The maximum Gasteiger partial charge on any atom is 0.0808 e. The van der Waals surface area contributed by atoms with Crippen LogP contribution in [0.15, 0.2) is 0 Å². The topological polar surface area (TPSA) is 12.5 Å². The maximum atomic E-state index is 6.05. The van der Waals surface area contributed by atoms with Gasteiger partial charge in [-0.1, -0.05) is 0 Å².